The normalized spacial score (nSPS) is 21.5. The van der Waals surface area contributed by atoms with Gasteiger partial charge in [-0.25, -0.2) is 0 Å². The van der Waals surface area contributed by atoms with Gasteiger partial charge in [0.25, 0.3) is 5.91 Å². The summed E-state index contributed by atoms with van der Waals surface area (Å²) in [5, 5.41) is 5.92. The highest BCUT2D eigenvalue weighted by Gasteiger charge is 2.30. The van der Waals surface area contributed by atoms with Gasteiger partial charge in [0, 0.05) is 18.3 Å². The molecular formula is C19H21N3O4. The Labute approximate surface area is 151 Å². The van der Waals surface area contributed by atoms with Crippen molar-refractivity contribution >= 4 is 11.8 Å². The second-order valence-corrected chi connectivity index (χ2v) is 6.60. The van der Waals surface area contributed by atoms with Gasteiger partial charge in [0.2, 0.25) is 5.91 Å². The highest BCUT2D eigenvalue weighted by molar-refractivity contribution is 5.94. The number of nitrogens with one attached hydrogen (secondary N) is 3. The van der Waals surface area contributed by atoms with Crippen molar-refractivity contribution in [3.8, 4) is 11.5 Å². The summed E-state index contributed by atoms with van der Waals surface area (Å²) in [6.07, 6.45) is 2.98. The molecule has 2 aromatic rings. The summed E-state index contributed by atoms with van der Waals surface area (Å²) < 4.78 is 11.0. The number of carbonyl (C=O) groups is 2. The van der Waals surface area contributed by atoms with Gasteiger partial charge in [0.15, 0.2) is 0 Å². The zero-order valence-electron chi connectivity index (χ0n) is 14.5. The third-order valence-electron chi connectivity index (χ3n) is 4.96. The molecule has 136 valence electrons. The summed E-state index contributed by atoms with van der Waals surface area (Å²) in [5.41, 5.74) is 2.31. The minimum atomic E-state index is -0.274. The molecule has 26 heavy (non-hydrogen) atoms. The van der Waals surface area contributed by atoms with Gasteiger partial charge >= 0.3 is 0 Å². The minimum Gasteiger partial charge on any atom is -0.497 e. The molecule has 2 atom stereocenters. The standard InChI is InChI=1S/C19H21N3O4/c1-25-13-2-3-16-11(9-13)8-12(10-26-16)18(23)22-15-5-7-21-19(24)17-14(15)4-6-20-17/h2-4,6,9,12,15,20H,5,7-8,10H2,1H3,(H,21,24)(H,22,23). The van der Waals surface area contributed by atoms with Crippen LogP contribution in [0.5, 0.6) is 11.5 Å². The number of hydrogen-bond donors (Lipinski definition) is 3. The molecule has 0 saturated carbocycles. The molecule has 7 heteroatoms. The fourth-order valence-electron chi connectivity index (χ4n) is 3.55. The van der Waals surface area contributed by atoms with Crippen molar-refractivity contribution < 1.29 is 19.1 Å². The van der Waals surface area contributed by atoms with E-state index in [4.69, 9.17) is 9.47 Å². The van der Waals surface area contributed by atoms with Gasteiger partial charge in [0.1, 0.15) is 23.8 Å². The maximum atomic E-state index is 12.8. The van der Waals surface area contributed by atoms with Crippen molar-refractivity contribution in [1.29, 1.82) is 0 Å². The molecule has 1 aromatic heterocycles. The highest BCUT2D eigenvalue weighted by Crippen LogP contribution is 2.31. The molecular weight excluding hydrogens is 334 g/mol. The van der Waals surface area contributed by atoms with Crippen molar-refractivity contribution in [3.63, 3.8) is 0 Å². The van der Waals surface area contributed by atoms with Crippen molar-refractivity contribution in [3.05, 3.63) is 47.3 Å². The molecule has 0 radical (unpaired) electrons. The molecule has 4 rings (SSSR count). The number of amides is 2. The number of aromatic amines is 1. The molecule has 2 amide bonds. The van der Waals surface area contributed by atoms with Crippen LogP contribution in [0.25, 0.3) is 0 Å². The SMILES string of the molecule is COc1ccc2c(c1)CC(C(=O)NC1CCNC(=O)c3[nH]ccc31)CO2. The second kappa shape index (κ2) is 6.74. The summed E-state index contributed by atoms with van der Waals surface area (Å²) in [5.74, 6) is 1.07. The van der Waals surface area contributed by atoms with Crippen LogP contribution in [0.2, 0.25) is 0 Å². The first-order chi connectivity index (χ1) is 12.7. The predicted octanol–water partition coefficient (Wildman–Crippen LogP) is 1.57. The van der Waals surface area contributed by atoms with Crippen LogP contribution in [0.15, 0.2) is 30.5 Å². The Morgan fingerprint density at radius 1 is 1.35 bits per heavy atom. The second-order valence-electron chi connectivity index (χ2n) is 6.60. The summed E-state index contributed by atoms with van der Waals surface area (Å²) in [6.45, 7) is 0.864. The topological polar surface area (TPSA) is 92.5 Å². The molecule has 1 aromatic carbocycles. The van der Waals surface area contributed by atoms with E-state index in [1.807, 2.05) is 24.3 Å². The summed E-state index contributed by atoms with van der Waals surface area (Å²) >= 11 is 0. The van der Waals surface area contributed by atoms with Crippen molar-refractivity contribution in [1.82, 2.24) is 15.6 Å². The van der Waals surface area contributed by atoms with E-state index < -0.39 is 0 Å². The Kier molecular flexibility index (Phi) is 4.28. The van der Waals surface area contributed by atoms with Gasteiger partial charge in [-0.3, -0.25) is 9.59 Å². The Morgan fingerprint density at radius 3 is 3.08 bits per heavy atom. The lowest BCUT2D eigenvalue weighted by Gasteiger charge is -2.27. The fourth-order valence-corrected chi connectivity index (χ4v) is 3.55. The molecule has 3 N–H and O–H groups in total. The van der Waals surface area contributed by atoms with Gasteiger partial charge in [-0.15, -0.1) is 0 Å². The summed E-state index contributed by atoms with van der Waals surface area (Å²) in [4.78, 5) is 27.8. The van der Waals surface area contributed by atoms with Crippen molar-refractivity contribution in [2.45, 2.75) is 18.9 Å². The fraction of sp³-hybridized carbons (Fsp3) is 0.368. The molecule has 7 nitrogen and oxygen atoms in total. The van der Waals surface area contributed by atoms with E-state index in [0.717, 1.165) is 22.6 Å². The number of fused-ring (bicyclic) bond motifs is 2. The number of H-pyrrole nitrogens is 1. The highest BCUT2D eigenvalue weighted by atomic mass is 16.5. The van der Waals surface area contributed by atoms with E-state index >= 15 is 0 Å². The Morgan fingerprint density at radius 2 is 2.23 bits per heavy atom. The third-order valence-corrected chi connectivity index (χ3v) is 4.96. The zero-order chi connectivity index (χ0) is 18.1. The molecule has 0 bridgehead atoms. The van der Waals surface area contributed by atoms with Crippen LogP contribution in [0.4, 0.5) is 0 Å². The summed E-state index contributed by atoms with van der Waals surface area (Å²) in [6, 6.07) is 7.28. The lowest BCUT2D eigenvalue weighted by atomic mass is 9.94. The number of hydrogen-bond acceptors (Lipinski definition) is 4. The lowest BCUT2D eigenvalue weighted by Crippen LogP contribution is -2.39. The molecule has 2 aliphatic rings. The van der Waals surface area contributed by atoms with Gasteiger partial charge in [0.05, 0.1) is 19.1 Å². The maximum absolute atomic E-state index is 12.8. The molecule has 2 unspecified atom stereocenters. The average Bonchev–Trinajstić information content (AvgIpc) is 3.10. The largest absolute Gasteiger partial charge is 0.497 e. The van der Waals surface area contributed by atoms with Crippen molar-refractivity contribution in [2.75, 3.05) is 20.3 Å². The van der Waals surface area contributed by atoms with Crippen LogP contribution >= 0.6 is 0 Å². The van der Waals surface area contributed by atoms with Gasteiger partial charge < -0.3 is 25.1 Å². The first-order valence-corrected chi connectivity index (χ1v) is 8.71. The Hall–Kier alpha value is -2.96. The van der Waals surface area contributed by atoms with Crippen LogP contribution in [-0.2, 0) is 11.2 Å². The number of ether oxygens (including phenoxy) is 2. The number of aromatic nitrogens is 1. The molecule has 0 spiro atoms. The first kappa shape index (κ1) is 16.5. The Bertz CT molecular complexity index is 845. The van der Waals surface area contributed by atoms with E-state index in [0.29, 0.717) is 31.7 Å². The molecule has 0 saturated heterocycles. The third kappa shape index (κ3) is 3.00. The lowest BCUT2D eigenvalue weighted by molar-refractivity contribution is -0.127. The molecule has 0 aliphatic carbocycles. The number of carbonyl (C=O) groups excluding carboxylic acids is 2. The smallest absolute Gasteiger partial charge is 0.268 e. The molecule has 0 fully saturated rings. The number of rotatable bonds is 3. The quantitative estimate of drug-likeness (QED) is 0.779. The first-order valence-electron chi connectivity index (χ1n) is 8.71. The van der Waals surface area contributed by atoms with Crippen LogP contribution in [-0.4, -0.2) is 37.1 Å². The summed E-state index contributed by atoms with van der Waals surface area (Å²) in [7, 11) is 1.62. The van der Waals surface area contributed by atoms with Gasteiger partial charge in [-0.05, 0) is 42.7 Å². The van der Waals surface area contributed by atoms with Crippen LogP contribution in [0.3, 0.4) is 0 Å². The van der Waals surface area contributed by atoms with Gasteiger partial charge in [-0.2, -0.15) is 0 Å². The molecule has 2 aliphatic heterocycles. The zero-order valence-corrected chi connectivity index (χ0v) is 14.5. The minimum absolute atomic E-state index is 0.0648. The van der Waals surface area contributed by atoms with E-state index in [1.54, 1.807) is 13.3 Å². The average molecular weight is 355 g/mol. The number of benzene rings is 1. The van der Waals surface area contributed by atoms with E-state index in [9.17, 15) is 9.59 Å². The van der Waals surface area contributed by atoms with E-state index in [2.05, 4.69) is 15.6 Å². The van der Waals surface area contributed by atoms with Crippen LogP contribution in [0.1, 0.15) is 34.1 Å². The van der Waals surface area contributed by atoms with E-state index in [-0.39, 0.29) is 23.8 Å². The van der Waals surface area contributed by atoms with Crippen LogP contribution in [0, 0.1) is 5.92 Å². The maximum Gasteiger partial charge on any atom is 0.268 e. The Balaban J connectivity index is 1.49. The van der Waals surface area contributed by atoms with E-state index in [1.165, 1.54) is 0 Å². The monoisotopic (exact) mass is 355 g/mol. The van der Waals surface area contributed by atoms with Crippen molar-refractivity contribution in [2.24, 2.45) is 5.92 Å². The predicted molar refractivity (Wildman–Crippen MR) is 94.3 cm³/mol. The van der Waals surface area contributed by atoms with Crippen LogP contribution < -0.4 is 20.1 Å². The molecule has 3 heterocycles. The number of methoxy groups -OCH3 is 1. The van der Waals surface area contributed by atoms with Gasteiger partial charge in [-0.1, -0.05) is 0 Å².